The van der Waals surface area contributed by atoms with Crippen molar-refractivity contribution in [1.29, 1.82) is 0 Å². The molecular formula is C16H33N3O. The second-order valence-electron chi connectivity index (χ2n) is 6.22. The molecule has 1 fully saturated rings. The van der Waals surface area contributed by atoms with E-state index in [9.17, 15) is 4.79 Å². The molecule has 0 heterocycles. The molecule has 1 aliphatic rings. The van der Waals surface area contributed by atoms with Gasteiger partial charge in [0.25, 0.3) is 0 Å². The van der Waals surface area contributed by atoms with Crippen molar-refractivity contribution in [3.8, 4) is 0 Å². The highest BCUT2D eigenvalue weighted by Crippen LogP contribution is 2.36. The topological polar surface area (TPSA) is 49.6 Å². The Balaban J connectivity index is 2.94. The van der Waals surface area contributed by atoms with Crippen LogP contribution in [0.2, 0.25) is 0 Å². The Morgan fingerprint density at radius 1 is 1.20 bits per heavy atom. The summed E-state index contributed by atoms with van der Waals surface area (Å²) in [5.74, 6) is 0.765. The number of rotatable bonds is 6. The van der Waals surface area contributed by atoms with Crippen LogP contribution in [0.1, 0.15) is 59.8 Å². The average Bonchev–Trinajstić information content (AvgIpc) is 2.47. The summed E-state index contributed by atoms with van der Waals surface area (Å²) in [6.45, 7) is 11.5. The first-order valence-electron chi connectivity index (χ1n) is 8.31. The number of hydrogen-bond donors (Lipinski definition) is 1. The van der Waals surface area contributed by atoms with Crippen LogP contribution in [0.4, 0.5) is 4.79 Å². The van der Waals surface area contributed by atoms with E-state index in [-0.39, 0.29) is 11.6 Å². The van der Waals surface area contributed by atoms with E-state index >= 15 is 0 Å². The molecule has 0 atom stereocenters. The fourth-order valence-electron chi connectivity index (χ4n) is 3.31. The Labute approximate surface area is 124 Å². The molecule has 1 saturated carbocycles. The van der Waals surface area contributed by atoms with Crippen LogP contribution in [0.3, 0.4) is 0 Å². The van der Waals surface area contributed by atoms with Crippen LogP contribution in [0.15, 0.2) is 0 Å². The third-order valence-electron chi connectivity index (χ3n) is 4.87. The molecule has 0 aromatic rings. The van der Waals surface area contributed by atoms with Crippen molar-refractivity contribution in [3.63, 3.8) is 0 Å². The van der Waals surface area contributed by atoms with Crippen LogP contribution in [-0.4, -0.2) is 47.5 Å². The fraction of sp³-hybridized carbons (Fsp3) is 0.938. The summed E-state index contributed by atoms with van der Waals surface area (Å²) in [5, 5.41) is 0. The molecule has 0 unspecified atom stereocenters. The van der Waals surface area contributed by atoms with E-state index in [0.29, 0.717) is 6.54 Å². The van der Waals surface area contributed by atoms with E-state index in [2.05, 4.69) is 18.7 Å². The third-order valence-corrected chi connectivity index (χ3v) is 4.87. The van der Waals surface area contributed by atoms with Gasteiger partial charge in [-0.05, 0) is 51.9 Å². The molecule has 1 rings (SSSR count). The Kier molecular flexibility index (Phi) is 6.80. The molecule has 4 heteroatoms. The lowest BCUT2D eigenvalue weighted by Gasteiger charge is -2.48. The first-order valence-corrected chi connectivity index (χ1v) is 8.31. The maximum absolute atomic E-state index is 12.8. The lowest BCUT2D eigenvalue weighted by Crippen LogP contribution is -2.61. The zero-order valence-corrected chi connectivity index (χ0v) is 13.8. The van der Waals surface area contributed by atoms with E-state index in [0.717, 1.165) is 44.8 Å². The van der Waals surface area contributed by atoms with Crippen LogP contribution in [0.25, 0.3) is 0 Å². The molecule has 0 spiro atoms. The summed E-state index contributed by atoms with van der Waals surface area (Å²) in [7, 11) is 0. The molecule has 0 saturated heterocycles. The van der Waals surface area contributed by atoms with Crippen LogP contribution >= 0.6 is 0 Å². The fourth-order valence-corrected chi connectivity index (χ4v) is 3.31. The van der Waals surface area contributed by atoms with Gasteiger partial charge in [0.2, 0.25) is 0 Å². The molecule has 2 N–H and O–H groups in total. The van der Waals surface area contributed by atoms with Crippen molar-refractivity contribution in [2.45, 2.75) is 65.3 Å². The quantitative estimate of drug-likeness (QED) is 0.814. The van der Waals surface area contributed by atoms with Gasteiger partial charge in [-0.3, -0.25) is 0 Å². The first kappa shape index (κ1) is 17.3. The molecule has 0 aromatic heterocycles. The minimum atomic E-state index is -0.109. The van der Waals surface area contributed by atoms with Gasteiger partial charge in [0.05, 0.1) is 5.54 Å². The molecule has 4 nitrogen and oxygen atoms in total. The highest BCUT2D eigenvalue weighted by Gasteiger charge is 2.41. The number of nitrogens with two attached hydrogens (primary N) is 1. The summed E-state index contributed by atoms with van der Waals surface area (Å²) in [6, 6.07) is 0.178. The van der Waals surface area contributed by atoms with Gasteiger partial charge in [-0.15, -0.1) is 0 Å². The zero-order chi connectivity index (χ0) is 15.2. The Morgan fingerprint density at radius 3 is 2.15 bits per heavy atom. The summed E-state index contributed by atoms with van der Waals surface area (Å²) >= 11 is 0. The Hall–Kier alpha value is -0.770. The SMILES string of the molecule is CCCN(C(=O)N(CC)CC)C1(CN)CCC(C)CC1. The van der Waals surface area contributed by atoms with Gasteiger partial charge in [-0.2, -0.15) is 0 Å². The minimum Gasteiger partial charge on any atom is -0.328 e. The maximum Gasteiger partial charge on any atom is 0.320 e. The van der Waals surface area contributed by atoms with Gasteiger partial charge in [0.1, 0.15) is 0 Å². The lowest BCUT2D eigenvalue weighted by atomic mass is 9.76. The van der Waals surface area contributed by atoms with E-state index < -0.39 is 0 Å². The average molecular weight is 283 g/mol. The smallest absolute Gasteiger partial charge is 0.320 e. The number of amides is 2. The summed E-state index contributed by atoms with van der Waals surface area (Å²) in [6.07, 6.45) is 5.46. The molecule has 20 heavy (non-hydrogen) atoms. The van der Waals surface area contributed by atoms with Gasteiger partial charge in [-0.1, -0.05) is 13.8 Å². The second kappa shape index (κ2) is 7.87. The molecule has 0 radical (unpaired) electrons. The number of nitrogens with zero attached hydrogens (tertiary/aromatic N) is 2. The van der Waals surface area contributed by atoms with Crippen LogP contribution < -0.4 is 5.73 Å². The molecule has 1 aliphatic carbocycles. The summed E-state index contributed by atoms with van der Waals surface area (Å²) < 4.78 is 0. The second-order valence-corrected chi connectivity index (χ2v) is 6.22. The van der Waals surface area contributed by atoms with Crippen molar-refractivity contribution in [2.75, 3.05) is 26.2 Å². The molecule has 0 aromatic carbocycles. The summed E-state index contributed by atoms with van der Waals surface area (Å²) in [4.78, 5) is 16.8. The highest BCUT2D eigenvalue weighted by molar-refractivity contribution is 5.75. The lowest BCUT2D eigenvalue weighted by molar-refractivity contribution is 0.0536. The van der Waals surface area contributed by atoms with Gasteiger partial charge in [0.15, 0.2) is 0 Å². The number of carbonyl (C=O) groups is 1. The Bertz CT molecular complexity index is 294. The van der Waals surface area contributed by atoms with Gasteiger partial charge in [-0.25, -0.2) is 4.79 Å². The molecular weight excluding hydrogens is 250 g/mol. The maximum atomic E-state index is 12.8. The van der Waals surface area contributed by atoms with Crippen molar-refractivity contribution in [2.24, 2.45) is 11.7 Å². The van der Waals surface area contributed by atoms with Crippen LogP contribution in [0, 0.1) is 5.92 Å². The van der Waals surface area contributed by atoms with Crippen molar-refractivity contribution >= 4 is 6.03 Å². The van der Waals surface area contributed by atoms with Crippen molar-refractivity contribution in [1.82, 2.24) is 9.80 Å². The van der Waals surface area contributed by atoms with Gasteiger partial charge in [0, 0.05) is 26.2 Å². The monoisotopic (exact) mass is 283 g/mol. The zero-order valence-electron chi connectivity index (χ0n) is 13.8. The van der Waals surface area contributed by atoms with E-state index in [1.807, 2.05) is 18.7 Å². The number of carbonyl (C=O) groups excluding carboxylic acids is 1. The molecule has 118 valence electrons. The largest absolute Gasteiger partial charge is 0.328 e. The number of hydrogen-bond acceptors (Lipinski definition) is 2. The molecule has 0 bridgehead atoms. The third kappa shape index (κ3) is 3.66. The van der Waals surface area contributed by atoms with Gasteiger partial charge >= 0.3 is 6.03 Å². The Morgan fingerprint density at radius 2 is 1.75 bits per heavy atom. The number of urea groups is 1. The standard InChI is InChI=1S/C16H33N3O/c1-5-12-19(15(20)18(6-2)7-3)16(13-17)10-8-14(4)9-11-16/h14H,5-13,17H2,1-4H3. The van der Waals surface area contributed by atoms with Crippen LogP contribution in [-0.2, 0) is 0 Å². The van der Waals surface area contributed by atoms with Crippen LogP contribution in [0.5, 0.6) is 0 Å². The first-order chi connectivity index (χ1) is 9.54. The molecule has 0 aliphatic heterocycles. The van der Waals surface area contributed by atoms with E-state index in [4.69, 9.17) is 5.73 Å². The predicted molar refractivity (Wildman–Crippen MR) is 84.7 cm³/mol. The highest BCUT2D eigenvalue weighted by atomic mass is 16.2. The van der Waals surface area contributed by atoms with Crippen molar-refractivity contribution in [3.05, 3.63) is 0 Å². The predicted octanol–water partition coefficient (Wildman–Crippen LogP) is 3.07. The van der Waals surface area contributed by atoms with Crippen molar-refractivity contribution < 1.29 is 4.79 Å². The van der Waals surface area contributed by atoms with Gasteiger partial charge < -0.3 is 15.5 Å². The van der Waals surface area contributed by atoms with E-state index in [1.54, 1.807) is 0 Å². The molecule has 2 amide bonds. The van der Waals surface area contributed by atoms with E-state index in [1.165, 1.54) is 12.8 Å². The summed E-state index contributed by atoms with van der Waals surface area (Å²) in [5.41, 5.74) is 6.01. The minimum absolute atomic E-state index is 0.109. The normalized spacial score (nSPS) is 26.4.